The standard InChI is InChI=1S/C9H11N3O3S/c13-16(14,9-6-10-7-11-9)12-4-3-8-2-1-5-15-8/h1-2,5-7,12H,3-4H2,(H,10,11). The van der Waals surface area contributed by atoms with Gasteiger partial charge in [-0.25, -0.2) is 18.1 Å². The third-order valence-corrected chi connectivity index (χ3v) is 3.39. The summed E-state index contributed by atoms with van der Waals surface area (Å²) in [5.74, 6) is 0.743. The lowest BCUT2D eigenvalue weighted by atomic mass is 10.3. The summed E-state index contributed by atoms with van der Waals surface area (Å²) in [6, 6.07) is 3.56. The molecule has 2 N–H and O–H groups in total. The van der Waals surface area contributed by atoms with Gasteiger partial charge in [0, 0.05) is 13.0 Å². The van der Waals surface area contributed by atoms with E-state index in [0.717, 1.165) is 5.76 Å². The van der Waals surface area contributed by atoms with Gasteiger partial charge in [0.05, 0.1) is 18.8 Å². The highest BCUT2D eigenvalue weighted by atomic mass is 32.2. The van der Waals surface area contributed by atoms with Crippen molar-refractivity contribution in [2.45, 2.75) is 11.4 Å². The van der Waals surface area contributed by atoms with Crippen LogP contribution >= 0.6 is 0 Å². The van der Waals surface area contributed by atoms with Crippen LogP contribution in [-0.2, 0) is 16.4 Å². The second-order valence-electron chi connectivity index (χ2n) is 3.14. The lowest BCUT2D eigenvalue weighted by Gasteiger charge is -2.02. The van der Waals surface area contributed by atoms with Crippen LogP contribution in [0.25, 0.3) is 0 Å². The van der Waals surface area contributed by atoms with Crippen molar-refractivity contribution in [1.29, 1.82) is 0 Å². The molecule has 0 aliphatic rings. The van der Waals surface area contributed by atoms with Crippen molar-refractivity contribution in [3.63, 3.8) is 0 Å². The number of aromatic nitrogens is 2. The maximum atomic E-state index is 11.6. The first kappa shape index (κ1) is 10.9. The molecule has 6 nitrogen and oxygen atoms in total. The summed E-state index contributed by atoms with van der Waals surface area (Å²) in [6.45, 7) is 0.287. The molecule has 0 amide bonds. The highest BCUT2D eigenvalue weighted by Crippen LogP contribution is 2.03. The zero-order valence-electron chi connectivity index (χ0n) is 8.38. The second kappa shape index (κ2) is 4.50. The van der Waals surface area contributed by atoms with Gasteiger partial charge in [-0.05, 0) is 12.1 Å². The summed E-state index contributed by atoms with van der Waals surface area (Å²) < 4.78 is 30.7. The zero-order valence-corrected chi connectivity index (χ0v) is 9.20. The molecule has 0 aliphatic carbocycles. The van der Waals surface area contributed by atoms with E-state index in [1.807, 2.05) is 0 Å². The molecule has 0 atom stereocenters. The molecule has 2 aromatic heterocycles. The largest absolute Gasteiger partial charge is 0.469 e. The molecule has 0 fully saturated rings. The maximum Gasteiger partial charge on any atom is 0.257 e. The van der Waals surface area contributed by atoms with E-state index in [4.69, 9.17) is 4.42 Å². The first-order valence-electron chi connectivity index (χ1n) is 4.69. The molecular formula is C9H11N3O3S. The predicted molar refractivity (Wildman–Crippen MR) is 56.2 cm³/mol. The minimum absolute atomic E-state index is 0.0620. The lowest BCUT2D eigenvalue weighted by Crippen LogP contribution is -2.26. The molecule has 0 bridgehead atoms. The van der Waals surface area contributed by atoms with Crippen LogP contribution in [0, 0.1) is 0 Å². The number of furan rings is 1. The molecule has 16 heavy (non-hydrogen) atoms. The van der Waals surface area contributed by atoms with E-state index in [-0.39, 0.29) is 11.6 Å². The van der Waals surface area contributed by atoms with Gasteiger partial charge in [0.25, 0.3) is 10.0 Å². The van der Waals surface area contributed by atoms with E-state index in [2.05, 4.69) is 14.7 Å². The summed E-state index contributed by atoms with van der Waals surface area (Å²) >= 11 is 0. The van der Waals surface area contributed by atoms with E-state index in [0.29, 0.717) is 6.42 Å². The molecule has 2 rings (SSSR count). The summed E-state index contributed by atoms with van der Waals surface area (Å²) in [6.07, 6.45) is 4.65. The number of rotatable bonds is 5. The Labute approximate surface area is 92.8 Å². The maximum absolute atomic E-state index is 11.6. The van der Waals surface area contributed by atoms with Crippen molar-refractivity contribution in [2.24, 2.45) is 0 Å². The molecule has 0 aromatic carbocycles. The van der Waals surface area contributed by atoms with Gasteiger partial charge in [0.1, 0.15) is 5.76 Å². The van der Waals surface area contributed by atoms with Gasteiger partial charge in [-0.2, -0.15) is 0 Å². The van der Waals surface area contributed by atoms with Crippen molar-refractivity contribution in [1.82, 2.24) is 14.7 Å². The van der Waals surface area contributed by atoms with Crippen LogP contribution in [0.2, 0.25) is 0 Å². The number of hydrogen-bond donors (Lipinski definition) is 2. The summed E-state index contributed by atoms with van der Waals surface area (Å²) in [5, 5.41) is 0.0620. The molecule has 2 aromatic rings. The predicted octanol–water partition coefficient (Wildman–Crippen LogP) is 0.524. The molecule has 7 heteroatoms. The molecule has 0 saturated heterocycles. The van der Waals surface area contributed by atoms with E-state index >= 15 is 0 Å². The number of sulfonamides is 1. The van der Waals surface area contributed by atoms with Crippen molar-refractivity contribution >= 4 is 10.0 Å². The lowest BCUT2D eigenvalue weighted by molar-refractivity contribution is 0.505. The number of nitrogens with zero attached hydrogens (tertiary/aromatic N) is 1. The highest BCUT2D eigenvalue weighted by Gasteiger charge is 2.14. The van der Waals surface area contributed by atoms with Crippen LogP contribution in [0.1, 0.15) is 5.76 Å². The Morgan fingerprint density at radius 1 is 1.50 bits per heavy atom. The average molecular weight is 241 g/mol. The average Bonchev–Trinajstić information content (AvgIpc) is 2.90. The fourth-order valence-corrected chi connectivity index (χ4v) is 2.17. The van der Waals surface area contributed by atoms with Crippen LogP contribution < -0.4 is 4.72 Å². The van der Waals surface area contributed by atoms with E-state index in [1.165, 1.54) is 12.5 Å². The number of imidazole rings is 1. The Balaban J connectivity index is 1.91. The quantitative estimate of drug-likeness (QED) is 0.799. The highest BCUT2D eigenvalue weighted by molar-refractivity contribution is 7.89. The molecule has 86 valence electrons. The number of hydrogen-bond acceptors (Lipinski definition) is 4. The molecule has 2 heterocycles. The van der Waals surface area contributed by atoms with Crippen LogP contribution in [0.5, 0.6) is 0 Å². The molecule has 0 unspecified atom stereocenters. The number of nitrogens with one attached hydrogen (secondary N) is 2. The van der Waals surface area contributed by atoms with Crippen molar-refractivity contribution < 1.29 is 12.8 Å². The Kier molecular flexibility index (Phi) is 3.07. The normalized spacial score (nSPS) is 11.8. The molecular weight excluding hydrogens is 230 g/mol. The molecule has 0 radical (unpaired) electrons. The summed E-state index contributed by atoms with van der Waals surface area (Å²) in [4.78, 5) is 6.19. The molecule has 0 saturated carbocycles. The van der Waals surface area contributed by atoms with Gasteiger partial charge < -0.3 is 9.40 Å². The Bertz CT molecular complexity index is 516. The van der Waals surface area contributed by atoms with E-state index < -0.39 is 10.0 Å². The van der Waals surface area contributed by atoms with Crippen LogP contribution in [0.15, 0.2) is 40.4 Å². The zero-order chi connectivity index (χ0) is 11.4. The van der Waals surface area contributed by atoms with E-state index in [9.17, 15) is 8.42 Å². The molecule has 0 spiro atoms. The second-order valence-corrected chi connectivity index (χ2v) is 4.88. The number of H-pyrrole nitrogens is 1. The van der Waals surface area contributed by atoms with Gasteiger partial charge in [-0.1, -0.05) is 0 Å². The van der Waals surface area contributed by atoms with Crippen LogP contribution in [0.4, 0.5) is 0 Å². The van der Waals surface area contributed by atoms with Crippen molar-refractivity contribution in [3.8, 4) is 0 Å². The topological polar surface area (TPSA) is 88.0 Å². The Morgan fingerprint density at radius 2 is 2.38 bits per heavy atom. The third-order valence-electron chi connectivity index (χ3n) is 2.01. The van der Waals surface area contributed by atoms with Gasteiger partial charge in [-0.3, -0.25) is 0 Å². The first-order chi connectivity index (χ1) is 7.68. The van der Waals surface area contributed by atoms with Gasteiger partial charge in [0.2, 0.25) is 0 Å². The number of aromatic amines is 1. The fraction of sp³-hybridized carbons (Fsp3) is 0.222. The minimum atomic E-state index is -3.48. The monoisotopic (exact) mass is 241 g/mol. The smallest absolute Gasteiger partial charge is 0.257 e. The first-order valence-corrected chi connectivity index (χ1v) is 6.17. The minimum Gasteiger partial charge on any atom is -0.469 e. The fourth-order valence-electron chi connectivity index (χ4n) is 1.23. The van der Waals surface area contributed by atoms with Crippen molar-refractivity contribution in [2.75, 3.05) is 6.54 Å². The summed E-state index contributed by atoms with van der Waals surface area (Å²) in [7, 11) is -3.48. The van der Waals surface area contributed by atoms with E-state index in [1.54, 1.807) is 18.4 Å². The Morgan fingerprint density at radius 3 is 3.00 bits per heavy atom. The van der Waals surface area contributed by atoms with Crippen molar-refractivity contribution in [3.05, 3.63) is 36.7 Å². The molecule has 0 aliphatic heterocycles. The Hall–Kier alpha value is -1.60. The third kappa shape index (κ3) is 2.50. The van der Waals surface area contributed by atoms with Gasteiger partial charge in [-0.15, -0.1) is 0 Å². The SMILES string of the molecule is O=S(=O)(NCCc1ccco1)c1cnc[nH]1. The van der Waals surface area contributed by atoms with Crippen LogP contribution in [-0.4, -0.2) is 24.9 Å². The summed E-state index contributed by atoms with van der Waals surface area (Å²) in [5.41, 5.74) is 0. The van der Waals surface area contributed by atoms with Crippen LogP contribution in [0.3, 0.4) is 0 Å². The van der Waals surface area contributed by atoms with Gasteiger partial charge in [0.15, 0.2) is 5.03 Å². The van der Waals surface area contributed by atoms with Gasteiger partial charge >= 0.3 is 0 Å².